The molecule has 5 nitrogen and oxygen atoms in total. The number of hydrogen-bond donors (Lipinski definition) is 2. The van der Waals surface area contributed by atoms with Gasteiger partial charge in [-0.3, -0.25) is 0 Å². The standard InChI is InChI=1S/C15H24N2O3S/c1-6-20-11-8-7-10(16)9-12(11)21(18,19)17-13-14(2,3)15(13,4)5/h7-9,13,17H,6,16H2,1-5H3. The van der Waals surface area contributed by atoms with E-state index in [-0.39, 0.29) is 21.8 Å². The summed E-state index contributed by atoms with van der Waals surface area (Å²) in [6.07, 6.45) is 0. The maximum Gasteiger partial charge on any atom is 0.244 e. The van der Waals surface area contributed by atoms with Gasteiger partial charge in [0.15, 0.2) is 0 Å². The van der Waals surface area contributed by atoms with Gasteiger partial charge >= 0.3 is 0 Å². The van der Waals surface area contributed by atoms with E-state index in [1.165, 1.54) is 6.07 Å². The van der Waals surface area contributed by atoms with Gasteiger partial charge in [-0.25, -0.2) is 13.1 Å². The van der Waals surface area contributed by atoms with Crippen LogP contribution in [-0.4, -0.2) is 21.1 Å². The van der Waals surface area contributed by atoms with E-state index < -0.39 is 10.0 Å². The van der Waals surface area contributed by atoms with Gasteiger partial charge in [0.25, 0.3) is 0 Å². The molecule has 0 aliphatic heterocycles. The zero-order valence-electron chi connectivity index (χ0n) is 13.2. The Hall–Kier alpha value is -1.27. The van der Waals surface area contributed by atoms with E-state index >= 15 is 0 Å². The topological polar surface area (TPSA) is 81.4 Å². The van der Waals surface area contributed by atoms with Gasteiger partial charge in [0.05, 0.1) is 6.61 Å². The molecule has 0 amide bonds. The highest BCUT2D eigenvalue weighted by Gasteiger charge is 2.66. The van der Waals surface area contributed by atoms with E-state index in [0.717, 1.165) is 0 Å². The number of ether oxygens (including phenoxy) is 1. The Balaban J connectivity index is 2.35. The Kier molecular flexibility index (Phi) is 3.74. The molecule has 6 heteroatoms. The monoisotopic (exact) mass is 312 g/mol. The van der Waals surface area contributed by atoms with E-state index in [1.54, 1.807) is 12.1 Å². The SMILES string of the molecule is CCOc1ccc(N)cc1S(=O)(=O)NC1C(C)(C)C1(C)C. The van der Waals surface area contributed by atoms with Crippen molar-refractivity contribution in [3.8, 4) is 5.75 Å². The van der Waals surface area contributed by atoms with Crippen LogP contribution in [0.5, 0.6) is 5.75 Å². The summed E-state index contributed by atoms with van der Waals surface area (Å²) in [4.78, 5) is 0.0999. The minimum Gasteiger partial charge on any atom is -0.492 e. The summed E-state index contributed by atoms with van der Waals surface area (Å²) in [5.41, 5.74) is 5.97. The summed E-state index contributed by atoms with van der Waals surface area (Å²) < 4.78 is 33.5. The molecule has 0 atom stereocenters. The van der Waals surface area contributed by atoms with Crippen LogP contribution < -0.4 is 15.2 Å². The lowest BCUT2D eigenvalue weighted by Crippen LogP contribution is -2.30. The molecular weight excluding hydrogens is 288 g/mol. The van der Waals surface area contributed by atoms with Crippen LogP contribution in [0, 0.1) is 10.8 Å². The molecule has 2 rings (SSSR count). The van der Waals surface area contributed by atoms with Gasteiger partial charge in [0.1, 0.15) is 10.6 Å². The van der Waals surface area contributed by atoms with E-state index in [1.807, 2.05) is 6.92 Å². The third-order valence-electron chi connectivity index (χ3n) is 4.85. The highest BCUT2D eigenvalue weighted by molar-refractivity contribution is 7.89. The lowest BCUT2D eigenvalue weighted by atomic mass is 10.0. The molecule has 0 unspecified atom stereocenters. The molecule has 1 saturated carbocycles. The van der Waals surface area contributed by atoms with E-state index in [0.29, 0.717) is 18.0 Å². The first-order valence-electron chi connectivity index (χ1n) is 7.08. The summed E-state index contributed by atoms with van der Waals surface area (Å²) in [6, 6.07) is 4.56. The van der Waals surface area contributed by atoms with Crippen LogP contribution in [-0.2, 0) is 10.0 Å². The average Bonchev–Trinajstić information content (AvgIpc) is 2.74. The lowest BCUT2D eigenvalue weighted by Gasteiger charge is -2.13. The van der Waals surface area contributed by atoms with Gasteiger partial charge in [0.2, 0.25) is 10.0 Å². The molecule has 1 aliphatic rings. The van der Waals surface area contributed by atoms with Crippen molar-refractivity contribution >= 4 is 15.7 Å². The van der Waals surface area contributed by atoms with Crippen LogP contribution in [0.1, 0.15) is 34.6 Å². The van der Waals surface area contributed by atoms with Crippen molar-refractivity contribution in [2.75, 3.05) is 12.3 Å². The van der Waals surface area contributed by atoms with Gasteiger partial charge in [0, 0.05) is 11.7 Å². The molecule has 0 bridgehead atoms. The molecule has 0 heterocycles. The van der Waals surface area contributed by atoms with Crippen LogP contribution in [0.4, 0.5) is 5.69 Å². The molecule has 0 aromatic heterocycles. The minimum atomic E-state index is -3.67. The summed E-state index contributed by atoms with van der Waals surface area (Å²) in [7, 11) is -3.67. The molecule has 1 aromatic rings. The molecule has 3 N–H and O–H groups in total. The molecular formula is C15H24N2O3S. The number of rotatable bonds is 5. The third kappa shape index (κ3) is 2.62. The minimum absolute atomic E-state index is 0.0772. The average molecular weight is 312 g/mol. The Bertz CT molecular complexity index is 637. The number of anilines is 1. The molecule has 1 fully saturated rings. The Morgan fingerprint density at radius 3 is 2.29 bits per heavy atom. The highest BCUT2D eigenvalue weighted by Crippen LogP contribution is 2.63. The Labute approximate surface area is 126 Å². The van der Waals surface area contributed by atoms with Crippen LogP contribution in [0.25, 0.3) is 0 Å². The normalized spacial score (nSPS) is 20.2. The maximum atomic E-state index is 12.7. The second-order valence-electron chi connectivity index (χ2n) is 6.64. The van der Waals surface area contributed by atoms with Crippen molar-refractivity contribution in [2.45, 2.75) is 45.6 Å². The van der Waals surface area contributed by atoms with Gasteiger partial charge in [-0.2, -0.15) is 0 Å². The van der Waals surface area contributed by atoms with Crippen LogP contribution in [0.15, 0.2) is 23.1 Å². The van der Waals surface area contributed by atoms with Gasteiger partial charge in [-0.05, 0) is 36.0 Å². The zero-order chi connectivity index (χ0) is 16.1. The number of nitrogens with two attached hydrogens (primary N) is 1. The first kappa shape index (κ1) is 16.1. The summed E-state index contributed by atoms with van der Waals surface area (Å²) >= 11 is 0. The number of benzene rings is 1. The molecule has 1 aromatic carbocycles. The predicted molar refractivity (Wildman–Crippen MR) is 83.7 cm³/mol. The first-order valence-corrected chi connectivity index (χ1v) is 8.57. The molecule has 0 spiro atoms. The lowest BCUT2D eigenvalue weighted by molar-refractivity contribution is 0.331. The number of sulfonamides is 1. The third-order valence-corrected chi connectivity index (χ3v) is 6.29. The van der Waals surface area contributed by atoms with E-state index in [9.17, 15) is 8.42 Å². The van der Waals surface area contributed by atoms with Crippen molar-refractivity contribution in [3.63, 3.8) is 0 Å². The van der Waals surface area contributed by atoms with Gasteiger partial charge in [-0.15, -0.1) is 0 Å². The van der Waals surface area contributed by atoms with Crippen LogP contribution >= 0.6 is 0 Å². The van der Waals surface area contributed by atoms with E-state index in [4.69, 9.17) is 10.5 Å². The van der Waals surface area contributed by atoms with Crippen molar-refractivity contribution in [1.82, 2.24) is 4.72 Å². The fourth-order valence-corrected chi connectivity index (χ4v) is 4.43. The second-order valence-corrected chi connectivity index (χ2v) is 8.32. The van der Waals surface area contributed by atoms with Crippen molar-refractivity contribution in [3.05, 3.63) is 18.2 Å². The molecule has 21 heavy (non-hydrogen) atoms. The van der Waals surface area contributed by atoms with Gasteiger partial charge in [-0.1, -0.05) is 27.7 Å². The van der Waals surface area contributed by atoms with Crippen molar-refractivity contribution < 1.29 is 13.2 Å². The van der Waals surface area contributed by atoms with Crippen LogP contribution in [0.3, 0.4) is 0 Å². The Morgan fingerprint density at radius 2 is 1.81 bits per heavy atom. The Morgan fingerprint density at radius 1 is 1.24 bits per heavy atom. The molecule has 118 valence electrons. The van der Waals surface area contributed by atoms with E-state index in [2.05, 4.69) is 32.4 Å². The van der Waals surface area contributed by atoms with Crippen molar-refractivity contribution in [2.24, 2.45) is 10.8 Å². The smallest absolute Gasteiger partial charge is 0.244 e. The second kappa shape index (κ2) is 4.88. The van der Waals surface area contributed by atoms with Crippen molar-refractivity contribution in [1.29, 1.82) is 0 Å². The fraction of sp³-hybridized carbons (Fsp3) is 0.600. The van der Waals surface area contributed by atoms with Gasteiger partial charge < -0.3 is 10.5 Å². The summed E-state index contributed by atoms with van der Waals surface area (Å²) in [6.45, 7) is 10.4. The maximum absolute atomic E-state index is 12.7. The van der Waals surface area contributed by atoms with Crippen LogP contribution in [0.2, 0.25) is 0 Å². The number of nitrogens with one attached hydrogen (secondary N) is 1. The highest BCUT2D eigenvalue weighted by atomic mass is 32.2. The molecule has 0 saturated heterocycles. The predicted octanol–water partition coefficient (Wildman–Crippen LogP) is 2.38. The number of nitrogen functional groups attached to an aromatic ring is 1. The molecule has 1 aliphatic carbocycles. The molecule has 0 radical (unpaired) electrons. The first-order chi connectivity index (χ1) is 9.54. The summed E-state index contributed by atoms with van der Waals surface area (Å²) in [5, 5.41) is 0. The largest absolute Gasteiger partial charge is 0.492 e. The zero-order valence-corrected chi connectivity index (χ0v) is 14.0. The number of hydrogen-bond acceptors (Lipinski definition) is 4. The summed E-state index contributed by atoms with van der Waals surface area (Å²) in [5.74, 6) is 0.329. The fourth-order valence-electron chi connectivity index (χ4n) is 2.72. The quantitative estimate of drug-likeness (QED) is 0.818.